The molecule has 3 atom stereocenters. The smallest absolute Gasteiger partial charge is 0.119 e. The fourth-order valence-electron chi connectivity index (χ4n) is 3.99. The van der Waals surface area contributed by atoms with E-state index in [2.05, 4.69) is 55.0 Å². The number of nitrogens with one attached hydrogen (secondary N) is 1. The molecular weight excluding hydrogens is 302 g/mol. The molecule has 1 N–H and O–H groups in total. The van der Waals surface area contributed by atoms with Gasteiger partial charge in [-0.2, -0.15) is 0 Å². The molecule has 3 unspecified atom stereocenters. The second-order valence-corrected chi connectivity index (χ2v) is 7.79. The van der Waals surface area contributed by atoms with Gasteiger partial charge in [0.25, 0.3) is 0 Å². The summed E-state index contributed by atoms with van der Waals surface area (Å²) in [7, 11) is 3.81. The van der Waals surface area contributed by atoms with Crippen LogP contribution in [-0.4, -0.2) is 20.7 Å². The molecule has 0 saturated heterocycles. The third kappa shape index (κ3) is 3.78. The van der Waals surface area contributed by atoms with E-state index in [-0.39, 0.29) is 0 Å². The second-order valence-electron chi connectivity index (χ2n) is 6.81. The summed E-state index contributed by atoms with van der Waals surface area (Å²) in [4.78, 5) is 1.51. The van der Waals surface area contributed by atoms with Crippen molar-refractivity contribution in [2.75, 3.05) is 20.7 Å². The average Bonchev–Trinajstić information content (AvgIpc) is 3.08. The number of thiophene rings is 1. The van der Waals surface area contributed by atoms with Crippen LogP contribution in [0.15, 0.2) is 35.7 Å². The summed E-state index contributed by atoms with van der Waals surface area (Å²) in [6, 6.07) is 11.1. The highest BCUT2D eigenvalue weighted by Gasteiger charge is 2.28. The molecule has 0 saturated carbocycles. The number of hydrogen-bond donors (Lipinski definition) is 1. The normalized spacial score (nSPS) is 21.7. The van der Waals surface area contributed by atoms with Crippen LogP contribution in [0.25, 0.3) is 0 Å². The standard InChI is InChI=1S/C20H27NOS/c1-14-9-15(11-17(13-21-2)20-5-4-8-23-20)19-7-6-18(22-3)12-16(19)10-14/h4-8,12,14-15,17,21H,9-11,13H2,1-3H3. The molecule has 1 heterocycles. The lowest BCUT2D eigenvalue weighted by Gasteiger charge is -2.32. The first-order valence-electron chi connectivity index (χ1n) is 8.56. The Labute approximate surface area is 143 Å². The number of benzene rings is 1. The van der Waals surface area contributed by atoms with Crippen molar-refractivity contribution < 1.29 is 4.74 Å². The van der Waals surface area contributed by atoms with Crippen molar-refractivity contribution in [1.82, 2.24) is 5.32 Å². The monoisotopic (exact) mass is 329 g/mol. The van der Waals surface area contributed by atoms with E-state index in [9.17, 15) is 0 Å². The van der Waals surface area contributed by atoms with Crippen molar-refractivity contribution in [1.29, 1.82) is 0 Å². The lowest BCUT2D eigenvalue weighted by atomic mass is 9.74. The van der Waals surface area contributed by atoms with E-state index in [1.165, 1.54) is 29.7 Å². The zero-order valence-corrected chi connectivity index (χ0v) is 15.2. The van der Waals surface area contributed by atoms with Crippen molar-refractivity contribution >= 4 is 11.3 Å². The summed E-state index contributed by atoms with van der Waals surface area (Å²) in [5, 5.41) is 5.58. The van der Waals surface area contributed by atoms with E-state index in [1.807, 2.05) is 11.3 Å². The minimum atomic E-state index is 0.602. The lowest BCUT2D eigenvalue weighted by molar-refractivity contribution is 0.385. The molecule has 3 heteroatoms. The molecule has 1 aromatic heterocycles. The van der Waals surface area contributed by atoms with Crippen LogP contribution >= 0.6 is 11.3 Å². The first-order valence-corrected chi connectivity index (χ1v) is 9.44. The van der Waals surface area contributed by atoms with Crippen molar-refractivity contribution in [2.45, 2.75) is 38.0 Å². The van der Waals surface area contributed by atoms with Crippen molar-refractivity contribution in [3.05, 3.63) is 51.7 Å². The van der Waals surface area contributed by atoms with Crippen LogP contribution in [-0.2, 0) is 6.42 Å². The van der Waals surface area contributed by atoms with Gasteiger partial charge >= 0.3 is 0 Å². The third-order valence-electron chi connectivity index (χ3n) is 5.01. The van der Waals surface area contributed by atoms with Crippen molar-refractivity contribution in [2.24, 2.45) is 5.92 Å². The zero-order valence-electron chi connectivity index (χ0n) is 14.3. The summed E-state index contributed by atoms with van der Waals surface area (Å²) in [5.41, 5.74) is 3.03. The van der Waals surface area contributed by atoms with Crippen molar-refractivity contribution in [3.63, 3.8) is 0 Å². The maximum Gasteiger partial charge on any atom is 0.119 e. The van der Waals surface area contributed by atoms with Crippen LogP contribution in [0, 0.1) is 5.92 Å². The molecule has 2 nitrogen and oxygen atoms in total. The Balaban J connectivity index is 1.85. The van der Waals surface area contributed by atoms with Gasteiger partial charge in [-0.1, -0.05) is 19.1 Å². The lowest BCUT2D eigenvalue weighted by Crippen LogP contribution is -2.23. The van der Waals surface area contributed by atoms with E-state index < -0.39 is 0 Å². The van der Waals surface area contributed by atoms with Crippen LogP contribution in [0.4, 0.5) is 0 Å². The van der Waals surface area contributed by atoms with Gasteiger partial charge < -0.3 is 10.1 Å². The molecule has 1 aliphatic rings. The van der Waals surface area contributed by atoms with Gasteiger partial charge in [0.1, 0.15) is 5.75 Å². The molecule has 0 amide bonds. The van der Waals surface area contributed by atoms with Gasteiger partial charge in [-0.05, 0) is 72.9 Å². The minimum Gasteiger partial charge on any atom is -0.497 e. The Morgan fingerprint density at radius 1 is 1.35 bits per heavy atom. The van der Waals surface area contributed by atoms with Crippen molar-refractivity contribution in [3.8, 4) is 5.75 Å². The van der Waals surface area contributed by atoms with E-state index in [4.69, 9.17) is 4.74 Å². The molecule has 23 heavy (non-hydrogen) atoms. The van der Waals surface area contributed by atoms with Crippen LogP contribution in [0.3, 0.4) is 0 Å². The van der Waals surface area contributed by atoms with Crippen LogP contribution < -0.4 is 10.1 Å². The number of ether oxygens (including phenoxy) is 1. The topological polar surface area (TPSA) is 21.3 Å². The number of fused-ring (bicyclic) bond motifs is 1. The molecule has 0 fully saturated rings. The first kappa shape index (κ1) is 16.5. The second kappa shape index (κ2) is 7.50. The highest BCUT2D eigenvalue weighted by atomic mass is 32.1. The Hall–Kier alpha value is -1.32. The average molecular weight is 330 g/mol. The molecule has 0 bridgehead atoms. The summed E-state index contributed by atoms with van der Waals surface area (Å²) in [5.74, 6) is 2.99. The Morgan fingerprint density at radius 2 is 2.22 bits per heavy atom. The minimum absolute atomic E-state index is 0.602. The highest BCUT2D eigenvalue weighted by Crippen LogP contribution is 2.42. The Bertz CT molecular complexity index is 623. The quantitative estimate of drug-likeness (QED) is 0.820. The first-order chi connectivity index (χ1) is 11.2. The molecular formula is C20H27NOS. The van der Waals surface area contributed by atoms with Gasteiger partial charge in [0.2, 0.25) is 0 Å². The largest absolute Gasteiger partial charge is 0.497 e. The van der Waals surface area contributed by atoms with Crippen LogP contribution in [0.1, 0.15) is 47.6 Å². The van der Waals surface area contributed by atoms with Gasteiger partial charge in [0.15, 0.2) is 0 Å². The van der Waals surface area contributed by atoms with E-state index in [0.717, 1.165) is 18.2 Å². The summed E-state index contributed by atoms with van der Waals surface area (Å²) < 4.78 is 5.42. The summed E-state index contributed by atoms with van der Waals surface area (Å²) in [6.45, 7) is 3.44. The molecule has 124 valence electrons. The van der Waals surface area contributed by atoms with Gasteiger partial charge in [-0.15, -0.1) is 11.3 Å². The SMILES string of the molecule is CNCC(CC1CC(C)Cc2cc(OC)ccc21)c1cccs1. The summed E-state index contributed by atoms with van der Waals surface area (Å²) >= 11 is 1.89. The third-order valence-corrected chi connectivity index (χ3v) is 6.05. The maximum atomic E-state index is 5.42. The Morgan fingerprint density at radius 3 is 2.91 bits per heavy atom. The maximum absolute atomic E-state index is 5.42. The fraction of sp³-hybridized carbons (Fsp3) is 0.500. The number of methoxy groups -OCH3 is 1. The van der Waals surface area contributed by atoms with Gasteiger partial charge in [0.05, 0.1) is 7.11 Å². The van der Waals surface area contributed by atoms with Gasteiger partial charge in [-0.25, -0.2) is 0 Å². The highest BCUT2D eigenvalue weighted by molar-refractivity contribution is 7.10. The number of likely N-dealkylation sites (N-methyl/N-ethyl adjacent to an activating group) is 1. The molecule has 0 spiro atoms. The molecule has 1 aromatic carbocycles. The number of rotatable bonds is 6. The van der Waals surface area contributed by atoms with Crippen LogP contribution in [0.2, 0.25) is 0 Å². The van der Waals surface area contributed by atoms with E-state index in [0.29, 0.717) is 11.8 Å². The van der Waals surface area contributed by atoms with Gasteiger partial charge in [0, 0.05) is 17.3 Å². The molecule has 2 aromatic rings. The number of hydrogen-bond acceptors (Lipinski definition) is 3. The summed E-state index contributed by atoms with van der Waals surface area (Å²) in [6.07, 6.45) is 3.70. The molecule has 3 rings (SSSR count). The molecule has 0 aliphatic heterocycles. The predicted octanol–water partition coefficient (Wildman–Crippen LogP) is 4.82. The zero-order chi connectivity index (χ0) is 16.2. The van der Waals surface area contributed by atoms with Crippen LogP contribution in [0.5, 0.6) is 5.75 Å². The predicted molar refractivity (Wildman–Crippen MR) is 98.8 cm³/mol. The Kier molecular flexibility index (Phi) is 5.39. The van der Waals surface area contributed by atoms with E-state index in [1.54, 1.807) is 12.7 Å². The fourth-order valence-corrected chi connectivity index (χ4v) is 4.84. The van der Waals surface area contributed by atoms with E-state index >= 15 is 0 Å². The molecule has 1 aliphatic carbocycles. The van der Waals surface area contributed by atoms with Gasteiger partial charge in [-0.3, -0.25) is 0 Å². The molecule has 0 radical (unpaired) electrons.